The fraction of sp³-hybridized carbons (Fsp3) is 0.810. The monoisotopic (exact) mass is 442 g/mol. The third-order valence-corrected chi connectivity index (χ3v) is 9.34. The summed E-state index contributed by atoms with van der Waals surface area (Å²) in [5.74, 6) is -0.522. The lowest BCUT2D eigenvalue weighted by atomic mass is 9.45. The van der Waals surface area contributed by atoms with Gasteiger partial charge in [-0.1, -0.05) is 19.4 Å². The summed E-state index contributed by atoms with van der Waals surface area (Å²) in [5.41, 5.74) is -1.84. The molecule has 5 unspecified atom stereocenters. The Morgan fingerprint density at radius 3 is 2.60 bits per heavy atom. The Bertz CT molecular complexity index is 848. The van der Waals surface area contributed by atoms with Gasteiger partial charge in [0.1, 0.15) is 12.2 Å². The second-order valence-corrected chi connectivity index (χ2v) is 11.4. The lowest BCUT2D eigenvalue weighted by Crippen LogP contribution is -2.62. The smallest absolute Gasteiger partial charge is 0.393 e. The van der Waals surface area contributed by atoms with Crippen molar-refractivity contribution in [3.05, 3.63) is 11.6 Å². The van der Waals surface area contributed by atoms with Gasteiger partial charge in [0.15, 0.2) is 11.6 Å². The molecule has 0 bridgehead atoms. The number of fused-ring (bicyclic) bond motifs is 5. The van der Waals surface area contributed by atoms with Crippen LogP contribution in [0.15, 0.2) is 11.6 Å². The summed E-state index contributed by atoms with van der Waals surface area (Å²) < 4.78 is 15.4. The highest BCUT2D eigenvalue weighted by atomic mass is 31.2. The number of carbonyl (C=O) groups is 2. The molecule has 8 nitrogen and oxygen atoms in total. The summed E-state index contributed by atoms with van der Waals surface area (Å²) in [6, 6.07) is 0. The van der Waals surface area contributed by atoms with Gasteiger partial charge in [-0.3, -0.25) is 14.1 Å². The van der Waals surface area contributed by atoms with Crippen molar-refractivity contribution in [2.24, 2.45) is 28.6 Å². The van der Waals surface area contributed by atoms with Crippen LogP contribution in [0.3, 0.4) is 0 Å². The van der Waals surface area contributed by atoms with E-state index in [0.29, 0.717) is 19.3 Å². The number of carbonyl (C=O) groups excluding carboxylic acids is 2. The third-order valence-electron chi connectivity index (χ3n) is 8.87. The average Bonchev–Trinajstić information content (AvgIpc) is 2.91. The first kappa shape index (κ1) is 22.3. The summed E-state index contributed by atoms with van der Waals surface area (Å²) in [6.07, 6.45) is 4.79. The van der Waals surface area contributed by atoms with Crippen molar-refractivity contribution in [2.45, 2.75) is 70.5 Å². The van der Waals surface area contributed by atoms with Crippen molar-refractivity contribution in [3.8, 4) is 0 Å². The van der Waals surface area contributed by atoms with Crippen molar-refractivity contribution in [2.75, 3.05) is 6.61 Å². The molecule has 0 radical (unpaired) electrons. The molecule has 168 valence electrons. The molecule has 4 N–H and O–H groups in total. The largest absolute Gasteiger partial charge is 0.470 e. The van der Waals surface area contributed by atoms with Gasteiger partial charge in [0.05, 0.1) is 6.10 Å². The first-order chi connectivity index (χ1) is 13.8. The molecule has 9 heteroatoms. The minimum absolute atomic E-state index is 0.00547. The number of hydrogen-bond donors (Lipinski definition) is 4. The molecule has 4 rings (SSSR count). The quantitative estimate of drug-likeness (QED) is 0.484. The summed E-state index contributed by atoms with van der Waals surface area (Å²) in [7, 11) is -4.83. The standard InChI is InChI=1S/C21H31O8P/c1-19-7-5-13(22)9-12(19)3-4-14-15-6-8-21(25,17(24)11-29-30(26,27)28)20(15,2)10-16(23)18(14)19/h9,14-16,18,23,25H,3-8,10-11H2,1-2H3,(H2,26,27,28)/t14?,15?,16-,18?,19?,20?,21-/m0/s1. The number of phosphoric ester groups is 1. The Hall–Kier alpha value is -0.890. The number of allylic oxidation sites excluding steroid dienone is 1. The Morgan fingerprint density at radius 1 is 1.23 bits per heavy atom. The zero-order chi connectivity index (χ0) is 22.1. The van der Waals surface area contributed by atoms with E-state index >= 15 is 0 Å². The maximum atomic E-state index is 12.8. The SMILES string of the molecule is CC12CCC(=O)C=C1CCC1C2[C@@H](O)CC2(C)C1CC[C@]2(O)C(=O)COP(=O)(O)O. The zero-order valence-electron chi connectivity index (χ0n) is 17.4. The lowest BCUT2D eigenvalue weighted by molar-refractivity contribution is -0.182. The van der Waals surface area contributed by atoms with Gasteiger partial charge in [0, 0.05) is 11.8 Å². The number of aliphatic hydroxyl groups is 2. The van der Waals surface area contributed by atoms with Gasteiger partial charge in [-0.25, -0.2) is 4.57 Å². The Morgan fingerprint density at radius 2 is 1.93 bits per heavy atom. The number of phosphoric acid groups is 1. The lowest BCUT2D eigenvalue weighted by Gasteiger charge is -2.60. The van der Waals surface area contributed by atoms with Crippen LogP contribution in [-0.4, -0.2) is 49.9 Å². The number of ketones is 2. The molecule has 30 heavy (non-hydrogen) atoms. The maximum Gasteiger partial charge on any atom is 0.470 e. The third kappa shape index (κ3) is 3.19. The highest BCUT2D eigenvalue weighted by molar-refractivity contribution is 7.46. The van der Waals surface area contributed by atoms with Crippen LogP contribution in [0.5, 0.6) is 0 Å². The van der Waals surface area contributed by atoms with Crippen LogP contribution < -0.4 is 0 Å². The van der Waals surface area contributed by atoms with E-state index in [4.69, 9.17) is 9.79 Å². The summed E-state index contributed by atoms with van der Waals surface area (Å²) in [5, 5.41) is 22.7. The summed E-state index contributed by atoms with van der Waals surface area (Å²) in [6.45, 7) is 3.09. The molecule has 0 aromatic carbocycles. The minimum atomic E-state index is -4.83. The molecular formula is C21H31O8P. The van der Waals surface area contributed by atoms with E-state index in [9.17, 15) is 24.4 Å². The van der Waals surface area contributed by atoms with E-state index < -0.39 is 37.3 Å². The van der Waals surface area contributed by atoms with Crippen molar-refractivity contribution < 1.29 is 38.7 Å². The zero-order valence-corrected chi connectivity index (χ0v) is 18.3. The van der Waals surface area contributed by atoms with Crippen LogP contribution in [0.2, 0.25) is 0 Å². The Balaban J connectivity index is 1.64. The molecule has 4 aliphatic carbocycles. The molecule has 0 aromatic rings. The highest BCUT2D eigenvalue weighted by Crippen LogP contribution is 2.67. The number of aliphatic hydroxyl groups excluding tert-OH is 1. The van der Waals surface area contributed by atoms with Gasteiger partial charge in [-0.05, 0) is 67.8 Å². The molecule has 0 amide bonds. The number of hydrogen-bond acceptors (Lipinski definition) is 6. The molecule has 3 saturated carbocycles. The van der Waals surface area contributed by atoms with Crippen LogP contribution >= 0.6 is 7.82 Å². The molecule has 7 atom stereocenters. The fourth-order valence-corrected chi connectivity index (χ4v) is 7.70. The normalized spacial score (nSPS) is 45.9. The topological polar surface area (TPSA) is 141 Å². The van der Waals surface area contributed by atoms with Gasteiger partial charge in [0.25, 0.3) is 0 Å². The molecule has 0 aromatic heterocycles. The van der Waals surface area contributed by atoms with E-state index in [0.717, 1.165) is 18.4 Å². The fourth-order valence-electron chi connectivity index (χ4n) is 7.41. The van der Waals surface area contributed by atoms with Gasteiger partial charge in [-0.15, -0.1) is 0 Å². The molecule has 0 aliphatic heterocycles. The summed E-state index contributed by atoms with van der Waals surface area (Å²) in [4.78, 5) is 42.6. The predicted molar refractivity (Wildman–Crippen MR) is 106 cm³/mol. The first-order valence-electron chi connectivity index (χ1n) is 10.7. The molecule has 0 saturated heterocycles. The Labute approximate surface area is 175 Å². The minimum Gasteiger partial charge on any atom is -0.393 e. The van der Waals surface area contributed by atoms with Gasteiger partial charge >= 0.3 is 7.82 Å². The van der Waals surface area contributed by atoms with Crippen molar-refractivity contribution in [3.63, 3.8) is 0 Å². The predicted octanol–water partition coefficient (Wildman–Crippen LogP) is 1.90. The van der Waals surface area contributed by atoms with Crippen LogP contribution in [0, 0.1) is 28.6 Å². The van der Waals surface area contributed by atoms with Crippen molar-refractivity contribution >= 4 is 19.4 Å². The number of Topliss-reactive ketones (excluding diaryl/α,β-unsaturated/α-hetero) is 1. The maximum absolute atomic E-state index is 12.8. The van der Waals surface area contributed by atoms with E-state index in [-0.39, 0.29) is 41.8 Å². The van der Waals surface area contributed by atoms with Crippen LogP contribution in [0.1, 0.15) is 58.8 Å². The molecule has 4 aliphatic rings. The molecule has 3 fully saturated rings. The second kappa shape index (κ2) is 7.06. The van der Waals surface area contributed by atoms with E-state index in [1.54, 1.807) is 6.08 Å². The van der Waals surface area contributed by atoms with E-state index in [1.165, 1.54) is 0 Å². The van der Waals surface area contributed by atoms with Crippen molar-refractivity contribution in [1.29, 1.82) is 0 Å². The van der Waals surface area contributed by atoms with Crippen LogP contribution in [0.4, 0.5) is 0 Å². The summed E-state index contributed by atoms with van der Waals surface area (Å²) >= 11 is 0. The van der Waals surface area contributed by atoms with Crippen LogP contribution in [0.25, 0.3) is 0 Å². The average molecular weight is 442 g/mol. The molecule has 0 spiro atoms. The van der Waals surface area contributed by atoms with E-state index in [2.05, 4.69) is 11.4 Å². The molecular weight excluding hydrogens is 411 g/mol. The molecule has 0 heterocycles. The van der Waals surface area contributed by atoms with Crippen LogP contribution in [-0.2, 0) is 18.7 Å². The van der Waals surface area contributed by atoms with Crippen molar-refractivity contribution in [1.82, 2.24) is 0 Å². The first-order valence-corrected chi connectivity index (χ1v) is 12.2. The van der Waals surface area contributed by atoms with Gasteiger partial charge in [0.2, 0.25) is 0 Å². The number of rotatable bonds is 4. The van der Waals surface area contributed by atoms with E-state index in [1.807, 2.05) is 6.92 Å². The van der Waals surface area contributed by atoms with Gasteiger partial charge < -0.3 is 20.0 Å². The second-order valence-electron chi connectivity index (χ2n) is 10.2. The van der Waals surface area contributed by atoms with Gasteiger partial charge in [-0.2, -0.15) is 0 Å². The Kier molecular flexibility index (Phi) is 5.25. The highest BCUT2D eigenvalue weighted by Gasteiger charge is 2.68.